The standard InChI is InChI=1S/C15H13FO2/c1-9-3-5-11(6-4-9)12-8-14(16)10(2)7-13(12)15(17)18/h3-8H,1-2H3,(H,17,18). The summed E-state index contributed by atoms with van der Waals surface area (Å²) in [6.07, 6.45) is 0. The zero-order valence-electron chi connectivity index (χ0n) is 10.2. The van der Waals surface area contributed by atoms with Crippen LogP contribution in [-0.4, -0.2) is 11.1 Å². The number of carbonyl (C=O) groups is 1. The highest BCUT2D eigenvalue weighted by atomic mass is 19.1. The van der Waals surface area contributed by atoms with Crippen molar-refractivity contribution in [2.45, 2.75) is 13.8 Å². The highest BCUT2D eigenvalue weighted by Gasteiger charge is 2.14. The molecule has 0 radical (unpaired) electrons. The van der Waals surface area contributed by atoms with Crippen molar-refractivity contribution >= 4 is 5.97 Å². The van der Waals surface area contributed by atoms with E-state index >= 15 is 0 Å². The molecule has 0 saturated heterocycles. The Balaban J connectivity index is 2.65. The van der Waals surface area contributed by atoms with Gasteiger partial charge in [0, 0.05) is 0 Å². The molecule has 0 amide bonds. The fraction of sp³-hybridized carbons (Fsp3) is 0.133. The molecular formula is C15H13FO2. The lowest BCUT2D eigenvalue weighted by atomic mass is 9.97. The SMILES string of the molecule is Cc1ccc(-c2cc(F)c(C)cc2C(=O)O)cc1. The molecule has 0 bridgehead atoms. The van der Waals surface area contributed by atoms with Crippen LogP contribution in [0.3, 0.4) is 0 Å². The Morgan fingerprint density at radius 2 is 1.72 bits per heavy atom. The van der Waals surface area contributed by atoms with E-state index < -0.39 is 11.8 Å². The summed E-state index contributed by atoms with van der Waals surface area (Å²) in [7, 11) is 0. The summed E-state index contributed by atoms with van der Waals surface area (Å²) in [5, 5.41) is 9.17. The van der Waals surface area contributed by atoms with Crippen LogP contribution in [0.1, 0.15) is 21.5 Å². The van der Waals surface area contributed by atoms with Gasteiger partial charge in [-0.15, -0.1) is 0 Å². The number of aromatic carboxylic acids is 1. The Morgan fingerprint density at radius 1 is 1.11 bits per heavy atom. The fourth-order valence-electron chi connectivity index (χ4n) is 1.83. The quantitative estimate of drug-likeness (QED) is 0.872. The van der Waals surface area contributed by atoms with Crippen molar-refractivity contribution in [2.24, 2.45) is 0 Å². The van der Waals surface area contributed by atoms with Gasteiger partial charge in [0.25, 0.3) is 0 Å². The predicted octanol–water partition coefficient (Wildman–Crippen LogP) is 3.81. The zero-order valence-corrected chi connectivity index (χ0v) is 10.2. The minimum Gasteiger partial charge on any atom is -0.478 e. The second-order valence-electron chi connectivity index (χ2n) is 4.32. The largest absolute Gasteiger partial charge is 0.478 e. The van der Waals surface area contributed by atoms with Gasteiger partial charge in [0.1, 0.15) is 5.82 Å². The van der Waals surface area contributed by atoms with Gasteiger partial charge in [0.2, 0.25) is 0 Å². The minimum absolute atomic E-state index is 0.123. The van der Waals surface area contributed by atoms with Gasteiger partial charge in [-0.3, -0.25) is 0 Å². The van der Waals surface area contributed by atoms with E-state index in [4.69, 9.17) is 0 Å². The third-order valence-corrected chi connectivity index (χ3v) is 2.89. The van der Waals surface area contributed by atoms with Crippen molar-refractivity contribution in [3.8, 4) is 11.1 Å². The lowest BCUT2D eigenvalue weighted by Gasteiger charge is -2.09. The van der Waals surface area contributed by atoms with Gasteiger partial charge < -0.3 is 5.11 Å². The van der Waals surface area contributed by atoms with Crippen molar-refractivity contribution in [2.75, 3.05) is 0 Å². The van der Waals surface area contributed by atoms with E-state index in [1.807, 2.05) is 19.1 Å². The second-order valence-corrected chi connectivity index (χ2v) is 4.32. The Labute approximate surface area is 105 Å². The Hall–Kier alpha value is -2.16. The number of aryl methyl sites for hydroxylation is 2. The monoisotopic (exact) mass is 244 g/mol. The van der Waals surface area contributed by atoms with E-state index in [2.05, 4.69) is 0 Å². The van der Waals surface area contributed by atoms with Crippen molar-refractivity contribution in [1.82, 2.24) is 0 Å². The van der Waals surface area contributed by atoms with E-state index in [1.165, 1.54) is 12.1 Å². The first-order chi connectivity index (χ1) is 8.49. The highest BCUT2D eigenvalue weighted by molar-refractivity contribution is 5.96. The van der Waals surface area contributed by atoms with Crippen LogP contribution in [0.5, 0.6) is 0 Å². The van der Waals surface area contributed by atoms with Gasteiger partial charge in [0.15, 0.2) is 0 Å². The van der Waals surface area contributed by atoms with E-state index in [-0.39, 0.29) is 5.56 Å². The maximum absolute atomic E-state index is 13.6. The molecule has 0 atom stereocenters. The van der Waals surface area contributed by atoms with Crippen LogP contribution in [-0.2, 0) is 0 Å². The number of hydrogen-bond donors (Lipinski definition) is 1. The molecule has 92 valence electrons. The number of hydrogen-bond acceptors (Lipinski definition) is 1. The van der Waals surface area contributed by atoms with Crippen LogP contribution in [0.15, 0.2) is 36.4 Å². The van der Waals surface area contributed by atoms with Crippen molar-refractivity contribution in [1.29, 1.82) is 0 Å². The Kier molecular flexibility index (Phi) is 3.15. The molecule has 2 nitrogen and oxygen atoms in total. The molecule has 0 aliphatic carbocycles. The molecule has 2 rings (SSSR count). The molecule has 0 heterocycles. The first kappa shape index (κ1) is 12.3. The highest BCUT2D eigenvalue weighted by Crippen LogP contribution is 2.27. The smallest absolute Gasteiger partial charge is 0.336 e. The van der Waals surface area contributed by atoms with Gasteiger partial charge in [-0.2, -0.15) is 0 Å². The first-order valence-electron chi connectivity index (χ1n) is 5.59. The normalized spacial score (nSPS) is 10.4. The van der Waals surface area contributed by atoms with Gasteiger partial charge >= 0.3 is 5.97 Å². The number of benzene rings is 2. The number of halogens is 1. The summed E-state index contributed by atoms with van der Waals surface area (Å²) in [6.45, 7) is 3.50. The van der Waals surface area contributed by atoms with Crippen LogP contribution < -0.4 is 0 Å². The summed E-state index contributed by atoms with van der Waals surface area (Å²) in [5.74, 6) is -1.44. The maximum atomic E-state index is 13.6. The summed E-state index contributed by atoms with van der Waals surface area (Å²) >= 11 is 0. The molecule has 0 aliphatic heterocycles. The third-order valence-electron chi connectivity index (χ3n) is 2.89. The molecule has 2 aromatic rings. The van der Waals surface area contributed by atoms with Crippen LogP contribution in [0, 0.1) is 19.7 Å². The lowest BCUT2D eigenvalue weighted by molar-refractivity contribution is 0.0697. The Morgan fingerprint density at radius 3 is 2.28 bits per heavy atom. The zero-order chi connectivity index (χ0) is 13.3. The molecule has 2 aromatic carbocycles. The summed E-state index contributed by atoms with van der Waals surface area (Å²) < 4.78 is 13.6. The predicted molar refractivity (Wildman–Crippen MR) is 68.3 cm³/mol. The first-order valence-corrected chi connectivity index (χ1v) is 5.59. The van der Waals surface area contributed by atoms with Crippen LogP contribution in [0.4, 0.5) is 4.39 Å². The summed E-state index contributed by atoms with van der Waals surface area (Å²) in [4.78, 5) is 11.2. The van der Waals surface area contributed by atoms with Gasteiger partial charge in [0.05, 0.1) is 5.56 Å². The average Bonchev–Trinajstić information content (AvgIpc) is 2.33. The number of rotatable bonds is 2. The molecule has 3 heteroatoms. The summed E-state index contributed by atoms with van der Waals surface area (Å²) in [6, 6.07) is 9.99. The van der Waals surface area contributed by atoms with E-state index in [1.54, 1.807) is 19.1 Å². The molecule has 0 unspecified atom stereocenters. The van der Waals surface area contributed by atoms with E-state index in [0.29, 0.717) is 16.7 Å². The van der Waals surface area contributed by atoms with Gasteiger partial charge in [-0.05, 0) is 42.7 Å². The van der Waals surface area contributed by atoms with E-state index in [9.17, 15) is 14.3 Å². The van der Waals surface area contributed by atoms with Crippen molar-refractivity contribution in [3.05, 3.63) is 58.9 Å². The van der Waals surface area contributed by atoms with Crippen molar-refractivity contribution in [3.63, 3.8) is 0 Å². The topological polar surface area (TPSA) is 37.3 Å². The Bertz CT molecular complexity index is 601. The second kappa shape index (κ2) is 4.61. The third kappa shape index (κ3) is 2.25. The maximum Gasteiger partial charge on any atom is 0.336 e. The molecule has 0 fully saturated rings. The number of carboxylic acid groups (broad SMARTS) is 1. The molecule has 18 heavy (non-hydrogen) atoms. The van der Waals surface area contributed by atoms with Crippen LogP contribution in [0.2, 0.25) is 0 Å². The van der Waals surface area contributed by atoms with Crippen molar-refractivity contribution < 1.29 is 14.3 Å². The molecule has 0 spiro atoms. The van der Waals surface area contributed by atoms with Gasteiger partial charge in [-0.1, -0.05) is 29.8 Å². The van der Waals surface area contributed by atoms with Crippen LogP contribution >= 0.6 is 0 Å². The van der Waals surface area contributed by atoms with E-state index in [0.717, 1.165) is 5.56 Å². The lowest BCUT2D eigenvalue weighted by Crippen LogP contribution is -2.02. The average molecular weight is 244 g/mol. The van der Waals surface area contributed by atoms with Crippen LogP contribution in [0.25, 0.3) is 11.1 Å². The number of carboxylic acids is 1. The van der Waals surface area contributed by atoms with Gasteiger partial charge in [-0.25, -0.2) is 9.18 Å². The molecule has 0 aromatic heterocycles. The minimum atomic E-state index is -1.05. The molecule has 0 saturated carbocycles. The summed E-state index contributed by atoms with van der Waals surface area (Å²) in [5.41, 5.74) is 2.65. The molecule has 1 N–H and O–H groups in total. The molecular weight excluding hydrogens is 231 g/mol. The molecule has 0 aliphatic rings. The fourth-order valence-corrected chi connectivity index (χ4v) is 1.83.